The molecule has 25 heavy (non-hydrogen) atoms. The Morgan fingerprint density at radius 3 is 2.88 bits per heavy atom. The predicted molar refractivity (Wildman–Crippen MR) is 91.6 cm³/mol. The van der Waals surface area contributed by atoms with E-state index in [1.54, 1.807) is 6.20 Å². The molecule has 0 bridgehead atoms. The molecule has 5 nitrogen and oxygen atoms in total. The second kappa shape index (κ2) is 7.55. The lowest BCUT2D eigenvalue weighted by Crippen LogP contribution is -2.40. The smallest absolute Gasteiger partial charge is 0.274 e. The number of aromatic nitrogens is 2. The SMILES string of the molecule is CCC1CCCCN1c1nccc(C(=O)Nc2ccc(F)c(F)c2)n1. The van der Waals surface area contributed by atoms with Gasteiger partial charge in [0, 0.05) is 30.5 Å². The van der Waals surface area contributed by atoms with E-state index in [1.807, 2.05) is 0 Å². The lowest BCUT2D eigenvalue weighted by Gasteiger charge is -2.35. The Kier molecular flexibility index (Phi) is 5.21. The van der Waals surface area contributed by atoms with E-state index >= 15 is 0 Å². The average Bonchev–Trinajstić information content (AvgIpc) is 2.64. The molecule has 0 spiro atoms. The highest BCUT2D eigenvalue weighted by Crippen LogP contribution is 2.23. The van der Waals surface area contributed by atoms with Crippen molar-refractivity contribution in [3.8, 4) is 0 Å². The van der Waals surface area contributed by atoms with Crippen molar-refractivity contribution in [2.75, 3.05) is 16.8 Å². The summed E-state index contributed by atoms with van der Waals surface area (Å²) in [6, 6.07) is 5.08. The summed E-state index contributed by atoms with van der Waals surface area (Å²) in [6.45, 7) is 3.00. The quantitative estimate of drug-likeness (QED) is 0.915. The van der Waals surface area contributed by atoms with Crippen LogP contribution in [0.25, 0.3) is 0 Å². The zero-order valence-electron chi connectivity index (χ0n) is 14.0. The van der Waals surface area contributed by atoms with Crippen LogP contribution < -0.4 is 10.2 Å². The molecule has 7 heteroatoms. The number of amides is 1. The maximum atomic E-state index is 13.3. The number of benzene rings is 1. The van der Waals surface area contributed by atoms with Crippen molar-refractivity contribution >= 4 is 17.5 Å². The van der Waals surface area contributed by atoms with Crippen molar-refractivity contribution in [3.05, 3.63) is 47.8 Å². The molecule has 1 atom stereocenters. The van der Waals surface area contributed by atoms with Gasteiger partial charge in [0.05, 0.1) is 0 Å². The van der Waals surface area contributed by atoms with Gasteiger partial charge in [-0.25, -0.2) is 18.7 Å². The van der Waals surface area contributed by atoms with Crippen LogP contribution in [0.4, 0.5) is 20.4 Å². The number of nitrogens with zero attached hydrogens (tertiary/aromatic N) is 3. The molecule has 1 aromatic heterocycles. The summed E-state index contributed by atoms with van der Waals surface area (Å²) < 4.78 is 26.2. The normalized spacial score (nSPS) is 17.4. The Morgan fingerprint density at radius 2 is 2.12 bits per heavy atom. The predicted octanol–water partition coefficient (Wildman–Crippen LogP) is 3.78. The second-order valence-corrected chi connectivity index (χ2v) is 6.08. The minimum absolute atomic E-state index is 0.175. The largest absolute Gasteiger partial charge is 0.338 e. The number of carbonyl (C=O) groups is 1. The van der Waals surface area contributed by atoms with E-state index in [2.05, 4.69) is 27.1 Å². The van der Waals surface area contributed by atoms with Crippen LogP contribution in [-0.2, 0) is 0 Å². The van der Waals surface area contributed by atoms with Crippen LogP contribution in [0.5, 0.6) is 0 Å². The van der Waals surface area contributed by atoms with E-state index in [9.17, 15) is 13.6 Å². The van der Waals surface area contributed by atoms with Gasteiger partial charge in [-0.1, -0.05) is 6.92 Å². The Bertz CT molecular complexity index is 768. The Balaban J connectivity index is 1.78. The molecule has 132 valence electrons. The van der Waals surface area contributed by atoms with Crippen molar-refractivity contribution in [2.45, 2.75) is 38.6 Å². The highest BCUT2D eigenvalue weighted by Gasteiger charge is 2.23. The van der Waals surface area contributed by atoms with Gasteiger partial charge in [0.25, 0.3) is 5.91 Å². The number of rotatable bonds is 4. The first-order chi connectivity index (χ1) is 12.1. The molecule has 1 aromatic carbocycles. The van der Waals surface area contributed by atoms with Crippen molar-refractivity contribution in [2.24, 2.45) is 0 Å². The zero-order chi connectivity index (χ0) is 17.8. The molecular formula is C18H20F2N4O. The first-order valence-electron chi connectivity index (χ1n) is 8.44. The number of nitrogens with one attached hydrogen (secondary N) is 1. The summed E-state index contributed by atoms with van der Waals surface area (Å²) in [6.07, 6.45) is 5.89. The summed E-state index contributed by atoms with van der Waals surface area (Å²) in [4.78, 5) is 23.2. The Hall–Kier alpha value is -2.57. The van der Waals surface area contributed by atoms with Gasteiger partial charge >= 0.3 is 0 Å². The molecule has 2 aromatic rings. The van der Waals surface area contributed by atoms with E-state index in [1.165, 1.54) is 18.6 Å². The summed E-state index contributed by atoms with van der Waals surface area (Å²) >= 11 is 0. The summed E-state index contributed by atoms with van der Waals surface area (Å²) in [5.41, 5.74) is 0.364. The van der Waals surface area contributed by atoms with E-state index in [0.717, 1.165) is 37.9 Å². The fraction of sp³-hybridized carbons (Fsp3) is 0.389. The summed E-state index contributed by atoms with van der Waals surface area (Å²) in [5, 5.41) is 2.53. The van der Waals surface area contributed by atoms with Gasteiger partial charge in [-0.2, -0.15) is 0 Å². The molecule has 3 rings (SSSR count). The van der Waals surface area contributed by atoms with Crippen molar-refractivity contribution < 1.29 is 13.6 Å². The van der Waals surface area contributed by atoms with Crippen LogP contribution in [0.15, 0.2) is 30.5 Å². The van der Waals surface area contributed by atoms with Gasteiger partial charge in [-0.15, -0.1) is 0 Å². The molecule has 2 heterocycles. The Labute approximate surface area is 145 Å². The number of hydrogen-bond donors (Lipinski definition) is 1. The van der Waals surface area contributed by atoms with Gasteiger partial charge in [-0.05, 0) is 43.9 Å². The minimum atomic E-state index is -1.01. The maximum Gasteiger partial charge on any atom is 0.274 e. The van der Waals surface area contributed by atoms with E-state index in [-0.39, 0.29) is 11.4 Å². The van der Waals surface area contributed by atoms with Crippen LogP contribution in [0, 0.1) is 11.6 Å². The summed E-state index contributed by atoms with van der Waals surface area (Å²) in [7, 11) is 0. The van der Waals surface area contributed by atoms with E-state index in [0.29, 0.717) is 12.0 Å². The van der Waals surface area contributed by atoms with Gasteiger partial charge in [-0.3, -0.25) is 4.79 Å². The first-order valence-corrected chi connectivity index (χ1v) is 8.44. The lowest BCUT2D eigenvalue weighted by molar-refractivity contribution is 0.102. The van der Waals surface area contributed by atoms with E-state index in [4.69, 9.17) is 0 Å². The minimum Gasteiger partial charge on any atom is -0.338 e. The summed E-state index contributed by atoms with van der Waals surface area (Å²) in [5.74, 6) is -1.93. The average molecular weight is 346 g/mol. The van der Waals surface area contributed by atoms with Crippen LogP contribution in [0.2, 0.25) is 0 Å². The molecule has 0 radical (unpaired) electrons. The van der Waals surface area contributed by atoms with Crippen molar-refractivity contribution in [1.29, 1.82) is 0 Å². The van der Waals surface area contributed by atoms with Gasteiger partial charge < -0.3 is 10.2 Å². The number of halogens is 2. The number of anilines is 2. The van der Waals surface area contributed by atoms with Gasteiger partial charge in [0.15, 0.2) is 11.6 Å². The molecule has 0 saturated carbocycles. The topological polar surface area (TPSA) is 58.1 Å². The van der Waals surface area contributed by atoms with Gasteiger partial charge in [0.1, 0.15) is 5.69 Å². The molecule has 1 saturated heterocycles. The second-order valence-electron chi connectivity index (χ2n) is 6.08. The molecule has 1 unspecified atom stereocenters. The Morgan fingerprint density at radius 1 is 1.28 bits per heavy atom. The van der Waals surface area contributed by atoms with Crippen LogP contribution in [0.1, 0.15) is 43.1 Å². The van der Waals surface area contributed by atoms with Crippen LogP contribution >= 0.6 is 0 Å². The molecule has 1 aliphatic rings. The third-order valence-corrected chi connectivity index (χ3v) is 4.41. The van der Waals surface area contributed by atoms with E-state index < -0.39 is 17.5 Å². The fourth-order valence-electron chi connectivity index (χ4n) is 3.07. The number of piperidine rings is 1. The monoisotopic (exact) mass is 346 g/mol. The third-order valence-electron chi connectivity index (χ3n) is 4.41. The molecular weight excluding hydrogens is 326 g/mol. The maximum absolute atomic E-state index is 13.3. The van der Waals surface area contributed by atoms with Crippen LogP contribution in [-0.4, -0.2) is 28.5 Å². The molecule has 1 aliphatic heterocycles. The highest BCUT2D eigenvalue weighted by molar-refractivity contribution is 6.02. The molecule has 1 fully saturated rings. The van der Waals surface area contributed by atoms with Crippen molar-refractivity contribution in [1.82, 2.24) is 9.97 Å². The standard InChI is InChI=1S/C18H20F2N4O/c1-2-13-5-3-4-10-24(13)18-21-9-8-16(23-18)17(25)22-12-6-7-14(19)15(20)11-12/h6-9,11,13H,2-5,10H2,1H3,(H,22,25). The van der Waals surface area contributed by atoms with Crippen LogP contribution in [0.3, 0.4) is 0 Å². The first kappa shape index (κ1) is 17.3. The van der Waals surface area contributed by atoms with Gasteiger partial charge in [0.2, 0.25) is 5.95 Å². The number of carbonyl (C=O) groups excluding carboxylic acids is 1. The zero-order valence-corrected chi connectivity index (χ0v) is 14.0. The fourth-order valence-corrected chi connectivity index (χ4v) is 3.07. The lowest BCUT2D eigenvalue weighted by atomic mass is 10.0. The van der Waals surface area contributed by atoms with Crippen molar-refractivity contribution in [3.63, 3.8) is 0 Å². The molecule has 0 aliphatic carbocycles. The number of hydrogen-bond acceptors (Lipinski definition) is 4. The molecule has 1 N–H and O–H groups in total. The molecule has 1 amide bonds. The highest BCUT2D eigenvalue weighted by atomic mass is 19.2. The third kappa shape index (κ3) is 3.92.